The van der Waals surface area contributed by atoms with Crippen LogP contribution in [0.3, 0.4) is 0 Å². The minimum absolute atomic E-state index is 0.0202. The quantitative estimate of drug-likeness (QED) is 0.656. The smallest absolute Gasteiger partial charge is 0.155 e. The van der Waals surface area contributed by atoms with Crippen LogP contribution in [0.5, 0.6) is 0 Å². The van der Waals surface area contributed by atoms with E-state index in [2.05, 4.69) is 9.97 Å². The molecule has 0 N–H and O–H groups in total. The average molecular weight is 166 g/mol. The fraction of sp³-hybridized carbons (Fsp3) is 0.375. The minimum Gasteiger partial charge on any atom is -0.369 e. The second-order valence-electron chi connectivity index (χ2n) is 2.44. The number of Topliss-reactive ketones (excluding diaryl/α,β-unsaturated/α-hetero) is 1. The number of nitrogens with zero attached hydrogens (tertiary/aromatic N) is 2. The van der Waals surface area contributed by atoms with Crippen LogP contribution in [0, 0.1) is 0 Å². The summed E-state index contributed by atoms with van der Waals surface area (Å²) >= 11 is 0. The Bertz CT molecular complexity index is 248. The second-order valence-corrected chi connectivity index (χ2v) is 2.44. The monoisotopic (exact) mass is 166 g/mol. The zero-order valence-corrected chi connectivity index (χ0v) is 6.86. The predicted octanol–water partition coefficient (Wildman–Crippen LogP) is 0.582. The van der Waals surface area contributed by atoms with Crippen molar-refractivity contribution in [2.75, 3.05) is 6.61 Å². The first-order valence-corrected chi connectivity index (χ1v) is 3.60. The van der Waals surface area contributed by atoms with Crippen molar-refractivity contribution in [1.29, 1.82) is 0 Å². The maximum absolute atomic E-state index is 10.5. The summed E-state index contributed by atoms with van der Waals surface area (Å²) < 4.78 is 5.05. The van der Waals surface area contributed by atoms with Crippen LogP contribution in [0.1, 0.15) is 12.5 Å². The molecule has 4 nitrogen and oxygen atoms in total. The normalized spacial score (nSPS) is 9.75. The van der Waals surface area contributed by atoms with Crippen LogP contribution in [-0.2, 0) is 16.1 Å². The average Bonchev–Trinajstić information content (AvgIpc) is 2.05. The van der Waals surface area contributed by atoms with E-state index in [4.69, 9.17) is 4.74 Å². The fourth-order valence-corrected chi connectivity index (χ4v) is 0.717. The fourth-order valence-electron chi connectivity index (χ4n) is 0.717. The van der Waals surface area contributed by atoms with Gasteiger partial charge in [0.1, 0.15) is 12.9 Å². The predicted molar refractivity (Wildman–Crippen MR) is 42.4 cm³/mol. The van der Waals surface area contributed by atoms with Crippen LogP contribution in [0.15, 0.2) is 18.7 Å². The van der Waals surface area contributed by atoms with Crippen molar-refractivity contribution >= 4 is 5.78 Å². The summed E-state index contributed by atoms with van der Waals surface area (Å²) in [7, 11) is 0. The summed E-state index contributed by atoms with van der Waals surface area (Å²) in [6, 6.07) is 0. The van der Waals surface area contributed by atoms with Crippen LogP contribution in [0.2, 0.25) is 0 Å². The molecule has 0 fully saturated rings. The van der Waals surface area contributed by atoms with E-state index in [1.807, 2.05) is 0 Å². The molecule has 4 heteroatoms. The lowest BCUT2D eigenvalue weighted by Gasteiger charge is -1.99. The molecule has 1 aromatic heterocycles. The molecule has 1 aromatic rings. The molecule has 0 aliphatic carbocycles. The van der Waals surface area contributed by atoms with E-state index >= 15 is 0 Å². The highest BCUT2D eigenvalue weighted by molar-refractivity contribution is 5.76. The largest absolute Gasteiger partial charge is 0.369 e. The van der Waals surface area contributed by atoms with Gasteiger partial charge in [-0.25, -0.2) is 9.97 Å². The van der Waals surface area contributed by atoms with Gasteiger partial charge in [-0.1, -0.05) is 0 Å². The number of carbonyl (C=O) groups is 1. The van der Waals surface area contributed by atoms with Crippen LogP contribution < -0.4 is 0 Å². The van der Waals surface area contributed by atoms with E-state index in [0.717, 1.165) is 5.56 Å². The van der Waals surface area contributed by atoms with E-state index in [0.29, 0.717) is 6.61 Å². The molecule has 0 radical (unpaired) electrons. The Morgan fingerprint density at radius 3 is 2.75 bits per heavy atom. The summed E-state index contributed by atoms with van der Waals surface area (Å²) in [5.74, 6) is 0.0202. The van der Waals surface area contributed by atoms with Crippen LogP contribution >= 0.6 is 0 Å². The SMILES string of the molecule is CC(=O)COCc1cncnc1. The third-order valence-corrected chi connectivity index (χ3v) is 1.19. The molecule has 64 valence electrons. The van der Waals surface area contributed by atoms with E-state index in [9.17, 15) is 4.79 Å². The van der Waals surface area contributed by atoms with Crippen molar-refractivity contribution in [2.24, 2.45) is 0 Å². The molecule has 1 rings (SSSR count). The van der Waals surface area contributed by atoms with Crippen LogP contribution in [0.25, 0.3) is 0 Å². The van der Waals surface area contributed by atoms with Crippen LogP contribution in [0.4, 0.5) is 0 Å². The molecule has 1 heterocycles. The topological polar surface area (TPSA) is 52.1 Å². The number of aromatic nitrogens is 2. The first kappa shape index (κ1) is 8.80. The van der Waals surface area contributed by atoms with Crippen molar-refractivity contribution in [2.45, 2.75) is 13.5 Å². The molecule has 0 atom stereocenters. The molecule has 0 bridgehead atoms. The third-order valence-electron chi connectivity index (χ3n) is 1.19. The van der Waals surface area contributed by atoms with Crippen LogP contribution in [-0.4, -0.2) is 22.4 Å². The third kappa shape index (κ3) is 3.21. The number of hydrogen-bond donors (Lipinski definition) is 0. The van der Waals surface area contributed by atoms with Gasteiger partial charge in [0.2, 0.25) is 0 Å². The number of ketones is 1. The van der Waals surface area contributed by atoms with Crippen molar-refractivity contribution < 1.29 is 9.53 Å². The molecule has 0 unspecified atom stereocenters. The lowest BCUT2D eigenvalue weighted by molar-refractivity contribution is -0.121. The Morgan fingerprint density at radius 2 is 2.17 bits per heavy atom. The maximum Gasteiger partial charge on any atom is 0.155 e. The van der Waals surface area contributed by atoms with E-state index in [-0.39, 0.29) is 12.4 Å². The molecular weight excluding hydrogens is 156 g/mol. The molecule has 0 aliphatic rings. The summed E-state index contributed by atoms with van der Waals surface area (Å²) in [5, 5.41) is 0. The lowest BCUT2D eigenvalue weighted by atomic mass is 10.4. The molecule has 0 saturated carbocycles. The molecule has 0 saturated heterocycles. The zero-order valence-electron chi connectivity index (χ0n) is 6.86. The Kier molecular flexibility index (Phi) is 3.35. The van der Waals surface area contributed by atoms with Crippen molar-refractivity contribution in [3.63, 3.8) is 0 Å². The minimum atomic E-state index is 0.0202. The summed E-state index contributed by atoms with van der Waals surface area (Å²) in [4.78, 5) is 18.1. The lowest BCUT2D eigenvalue weighted by Crippen LogP contribution is -2.03. The van der Waals surface area contributed by atoms with Gasteiger partial charge in [0.25, 0.3) is 0 Å². The summed E-state index contributed by atoms with van der Waals surface area (Å²) in [6.45, 7) is 2.02. The summed E-state index contributed by atoms with van der Waals surface area (Å²) in [6.07, 6.45) is 4.77. The van der Waals surface area contributed by atoms with Crippen molar-refractivity contribution in [1.82, 2.24) is 9.97 Å². The van der Waals surface area contributed by atoms with Gasteiger partial charge in [0.15, 0.2) is 5.78 Å². The van der Waals surface area contributed by atoms with Gasteiger partial charge in [0, 0.05) is 18.0 Å². The van der Waals surface area contributed by atoms with E-state index in [1.54, 1.807) is 12.4 Å². The Morgan fingerprint density at radius 1 is 1.50 bits per heavy atom. The highest BCUT2D eigenvalue weighted by Gasteiger charge is 1.94. The Hall–Kier alpha value is -1.29. The number of ether oxygens (including phenoxy) is 1. The van der Waals surface area contributed by atoms with Crippen molar-refractivity contribution in [3.8, 4) is 0 Å². The van der Waals surface area contributed by atoms with Gasteiger partial charge < -0.3 is 4.74 Å². The Labute approximate surface area is 70.6 Å². The first-order chi connectivity index (χ1) is 5.79. The van der Waals surface area contributed by atoms with Gasteiger partial charge in [-0.05, 0) is 6.92 Å². The highest BCUT2D eigenvalue weighted by atomic mass is 16.5. The number of rotatable bonds is 4. The Balaban J connectivity index is 2.29. The van der Waals surface area contributed by atoms with Crippen molar-refractivity contribution in [3.05, 3.63) is 24.3 Å². The van der Waals surface area contributed by atoms with E-state index < -0.39 is 0 Å². The zero-order chi connectivity index (χ0) is 8.81. The molecule has 0 aromatic carbocycles. The van der Waals surface area contributed by atoms with Gasteiger partial charge in [-0.2, -0.15) is 0 Å². The maximum atomic E-state index is 10.5. The molecule has 0 amide bonds. The molecule has 12 heavy (non-hydrogen) atoms. The summed E-state index contributed by atoms with van der Waals surface area (Å²) in [5.41, 5.74) is 0.874. The first-order valence-electron chi connectivity index (χ1n) is 3.60. The highest BCUT2D eigenvalue weighted by Crippen LogP contribution is 1.95. The van der Waals surface area contributed by atoms with Gasteiger partial charge in [-0.3, -0.25) is 4.79 Å². The second kappa shape index (κ2) is 4.56. The molecule has 0 aliphatic heterocycles. The number of carbonyl (C=O) groups excluding carboxylic acids is 1. The van der Waals surface area contributed by atoms with E-state index in [1.165, 1.54) is 13.3 Å². The molecular formula is C8H10N2O2. The number of hydrogen-bond acceptors (Lipinski definition) is 4. The standard InChI is InChI=1S/C8H10N2O2/c1-7(11)4-12-5-8-2-9-6-10-3-8/h2-3,6H,4-5H2,1H3. The van der Waals surface area contributed by atoms with Gasteiger partial charge >= 0.3 is 0 Å². The molecule has 0 spiro atoms. The van der Waals surface area contributed by atoms with Gasteiger partial charge in [0.05, 0.1) is 6.61 Å². The van der Waals surface area contributed by atoms with Gasteiger partial charge in [-0.15, -0.1) is 0 Å².